The molecule has 0 fully saturated rings. The van der Waals surface area contributed by atoms with Crippen LogP contribution in [0.3, 0.4) is 0 Å². The first-order valence-electron chi connectivity index (χ1n) is 14.5. The van der Waals surface area contributed by atoms with Gasteiger partial charge in [-0.25, -0.2) is 0 Å². The molecule has 222 valence electrons. The first-order valence-corrected chi connectivity index (χ1v) is 15.3. The number of anilines is 2. The van der Waals surface area contributed by atoms with Crippen molar-refractivity contribution in [3.8, 4) is 0 Å². The van der Waals surface area contributed by atoms with Gasteiger partial charge in [0.25, 0.3) is 11.8 Å². The third-order valence-corrected chi connectivity index (χ3v) is 8.37. The van der Waals surface area contributed by atoms with Gasteiger partial charge in [-0.3, -0.25) is 14.4 Å². The summed E-state index contributed by atoms with van der Waals surface area (Å²) in [5.74, 6) is -1.00. The van der Waals surface area contributed by atoms with Crippen molar-refractivity contribution < 1.29 is 14.4 Å². The second kappa shape index (κ2) is 13.4. The van der Waals surface area contributed by atoms with Gasteiger partial charge in [0, 0.05) is 49.9 Å². The maximum Gasteiger partial charge on any atom is 0.272 e. The minimum absolute atomic E-state index is 0.0921. The number of aromatic nitrogens is 1. The smallest absolute Gasteiger partial charge is 0.272 e. The topological polar surface area (TPSA) is 103 Å². The quantitative estimate of drug-likeness (QED) is 0.0989. The Morgan fingerprint density at radius 2 is 1.47 bits per heavy atom. The Kier molecular flexibility index (Phi) is 8.75. The molecule has 0 saturated heterocycles. The van der Waals surface area contributed by atoms with Crippen LogP contribution in [0.1, 0.15) is 22.8 Å². The first kappa shape index (κ1) is 29.5. The number of carbonyl (C=O) groups excluding carboxylic acids is 3. The van der Waals surface area contributed by atoms with Crippen LogP contribution < -0.4 is 16.0 Å². The van der Waals surface area contributed by atoms with Crippen molar-refractivity contribution in [3.63, 3.8) is 0 Å². The van der Waals surface area contributed by atoms with E-state index in [2.05, 4.69) is 20.9 Å². The van der Waals surface area contributed by atoms with Gasteiger partial charge in [0.15, 0.2) is 0 Å². The Hall–Kier alpha value is -5.60. The molecule has 0 bridgehead atoms. The second-order valence-electron chi connectivity index (χ2n) is 10.4. The van der Waals surface area contributed by atoms with Crippen LogP contribution in [0, 0.1) is 0 Å². The van der Waals surface area contributed by atoms with Crippen LogP contribution in [0.4, 0.5) is 11.4 Å². The number of H-pyrrole nitrogens is 1. The lowest BCUT2D eigenvalue weighted by Gasteiger charge is -2.15. The monoisotopic (exact) mass is 610 g/mol. The number of nitrogens with one attached hydrogen (secondary N) is 4. The fourth-order valence-electron chi connectivity index (χ4n) is 4.98. The second-order valence-corrected chi connectivity index (χ2v) is 11.8. The number of hydrogen-bond donors (Lipinski definition) is 4. The highest BCUT2D eigenvalue weighted by atomic mass is 32.2. The van der Waals surface area contributed by atoms with Crippen LogP contribution in [0.15, 0.2) is 138 Å². The van der Waals surface area contributed by atoms with Gasteiger partial charge in [0.05, 0.1) is 5.25 Å². The summed E-state index contributed by atoms with van der Waals surface area (Å²) in [6.45, 7) is 1.84. The van der Waals surface area contributed by atoms with Crippen molar-refractivity contribution >= 4 is 68.6 Å². The number of fused-ring (bicyclic) bond motifs is 2. The van der Waals surface area contributed by atoms with Crippen molar-refractivity contribution in [2.45, 2.75) is 17.1 Å². The molecule has 0 aliphatic rings. The summed E-state index contributed by atoms with van der Waals surface area (Å²) in [5.41, 5.74) is 3.50. The van der Waals surface area contributed by atoms with E-state index in [1.165, 1.54) is 11.8 Å². The molecular weight excluding hydrogens is 580 g/mol. The number of benzene rings is 5. The Bertz CT molecular complexity index is 2050. The Morgan fingerprint density at radius 3 is 2.31 bits per heavy atom. The molecule has 0 radical (unpaired) electrons. The molecule has 1 unspecified atom stereocenters. The average molecular weight is 611 g/mol. The average Bonchev–Trinajstić information content (AvgIpc) is 3.47. The molecule has 0 spiro atoms. The molecule has 7 nitrogen and oxygen atoms in total. The van der Waals surface area contributed by atoms with Crippen molar-refractivity contribution in [2.75, 3.05) is 10.6 Å². The number of carbonyl (C=O) groups is 3. The number of thioether (sulfide) groups is 1. The van der Waals surface area contributed by atoms with Crippen molar-refractivity contribution in [1.29, 1.82) is 0 Å². The van der Waals surface area contributed by atoms with Crippen molar-refractivity contribution in [1.82, 2.24) is 10.3 Å². The maximum absolute atomic E-state index is 13.6. The molecular formula is C37H30N4O3S. The summed E-state index contributed by atoms with van der Waals surface area (Å²) in [6.07, 6.45) is 3.46. The van der Waals surface area contributed by atoms with E-state index in [4.69, 9.17) is 0 Å². The van der Waals surface area contributed by atoms with Crippen LogP contribution in [0.5, 0.6) is 0 Å². The van der Waals surface area contributed by atoms with E-state index in [0.29, 0.717) is 11.3 Å². The Labute approximate surface area is 264 Å². The minimum atomic E-state index is -0.478. The molecule has 0 saturated carbocycles. The highest BCUT2D eigenvalue weighted by Crippen LogP contribution is 2.29. The molecule has 45 heavy (non-hydrogen) atoms. The van der Waals surface area contributed by atoms with Gasteiger partial charge in [-0.2, -0.15) is 0 Å². The molecule has 0 aliphatic carbocycles. The van der Waals surface area contributed by atoms with E-state index in [1.54, 1.807) is 42.6 Å². The van der Waals surface area contributed by atoms with Gasteiger partial charge in [0.2, 0.25) is 5.91 Å². The van der Waals surface area contributed by atoms with E-state index >= 15 is 0 Å². The standard InChI is InChI=1S/C37H30N4O3S/c1-24(35(42)40-33-20-9-14-25-11-5-6-17-30(25)33)45-29-16-10-15-28(22-29)39-37(44)34(41-36(43)26-12-3-2-4-13-26)21-27-23-38-32-19-8-7-18-31(27)32/h2-24,38H,1H3,(H,39,44)(H,40,42)(H,41,43)/b34-21-. The molecule has 6 rings (SSSR count). The fraction of sp³-hybridized carbons (Fsp3) is 0.0541. The predicted molar refractivity (Wildman–Crippen MR) is 183 cm³/mol. The van der Waals surface area contributed by atoms with Gasteiger partial charge in [-0.1, -0.05) is 78.9 Å². The number of para-hydroxylation sites is 1. The van der Waals surface area contributed by atoms with Crippen LogP contribution in [0.2, 0.25) is 0 Å². The summed E-state index contributed by atoms with van der Waals surface area (Å²) < 4.78 is 0. The summed E-state index contributed by atoms with van der Waals surface area (Å²) in [5, 5.41) is 11.3. The van der Waals surface area contributed by atoms with E-state index in [9.17, 15) is 14.4 Å². The minimum Gasteiger partial charge on any atom is -0.361 e. The summed E-state index contributed by atoms with van der Waals surface area (Å²) >= 11 is 1.39. The molecule has 0 aliphatic heterocycles. The molecule has 4 N–H and O–H groups in total. The van der Waals surface area contributed by atoms with Gasteiger partial charge >= 0.3 is 0 Å². The predicted octanol–water partition coefficient (Wildman–Crippen LogP) is 7.85. The van der Waals surface area contributed by atoms with Crippen molar-refractivity contribution in [2.24, 2.45) is 0 Å². The molecule has 1 aromatic heterocycles. The molecule has 6 aromatic rings. The van der Waals surface area contributed by atoms with Crippen molar-refractivity contribution in [3.05, 3.63) is 144 Å². The zero-order valence-electron chi connectivity index (χ0n) is 24.4. The van der Waals surface area contributed by atoms with Gasteiger partial charge < -0.3 is 20.9 Å². The van der Waals surface area contributed by atoms with E-state index in [0.717, 1.165) is 37.8 Å². The lowest BCUT2D eigenvalue weighted by atomic mass is 10.1. The summed E-state index contributed by atoms with van der Waals surface area (Å²) in [4.78, 5) is 43.8. The van der Waals surface area contributed by atoms with Crippen LogP contribution >= 0.6 is 11.8 Å². The van der Waals surface area contributed by atoms with E-state index in [-0.39, 0.29) is 11.6 Å². The van der Waals surface area contributed by atoms with Crippen LogP contribution in [0.25, 0.3) is 27.8 Å². The maximum atomic E-state index is 13.6. The summed E-state index contributed by atoms with van der Waals surface area (Å²) in [7, 11) is 0. The van der Waals surface area contributed by atoms with Crippen LogP contribution in [-0.2, 0) is 9.59 Å². The molecule has 1 heterocycles. The van der Waals surface area contributed by atoms with Gasteiger partial charge in [-0.05, 0) is 60.9 Å². The lowest BCUT2D eigenvalue weighted by Crippen LogP contribution is -2.30. The highest BCUT2D eigenvalue weighted by Gasteiger charge is 2.18. The van der Waals surface area contributed by atoms with Gasteiger partial charge in [0.1, 0.15) is 5.70 Å². The third-order valence-electron chi connectivity index (χ3n) is 7.27. The first-order chi connectivity index (χ1) is 21.9. The Balaban J connectivity index is 1.19. The Morgan fingerprint density at radius 1 is 0.756 bits per heavy atom. The third kappa shape index (κ3) is 6.98. The number of aromatic amines is 1. The summed E-state index contributed by atoms with van der Waals surface area (Å²) in [6, 6.07) is 37.5. The zero-order chi connectivity index (χ0) is 31.2. The van der Waals surface area contributed by atoms with Crippen LogP contribution in [-0.4, -0.2) is 28.0 Å². The highest BCUT2D eigenvalue weighted by molar-refractivity contribution is 8.00. The molecule has 1 atom stereocenters. The normalized spacial score (nSPS) is 12.1. The fourth-order valence-corrected chi connectivity index (χ4v) is 5.91. The number of hydrogen-bond acceptors (Lipinski definition) is 4. The molecule has 8 heteroatoms. The van der Waals surface area contributed by atoms with E-state index in [1.807, 2.05) is 97.9 Å². The molecule has 3 amide bonds. The molecule has 5 aromatic carbocycles. The van der Waals surface area contributed by atoms with E-state index < -0.39 is 17.1 Å². The SMILES string of the molecule is CC(Sc1cccc(NC(=O)/C(=C/c2c[nH]c3ccccc23)NC(=O)c2ccccc2)c1)C(=O)Nc1cccc2ccccc12. The largest absolute Gasteiger partial charge is 0.361 e. The zero-order valence-corrected chi connectivity index (χ0v) is 25.2. The number of amides is 3. The lowest BCUT2D eigenvalue weighted by molar-refractivity contribution is -0.115. The van der Waals surface area contributed by atoms with Gasteiger partial charge in [-0.15, -0.1) is 11.8 Å². The number of rotatable bonds is 9.